The Labute approximate surface area is 113 Å². The standard InChI is InChI=1S/C17H16O2/c1-2-19-14-13-17(18,15-9-5-3-6-10-15)16-11-7-4-8-12-16/h3-12,18H,2H2,1H3. The molecule has 2 aromatic rings. The summed E-state index contributed by atoms with van der Waals surface area (Å²) >= 11 is 0. The molecule has 0 saturated carbocycles. The predicted octanol–water partition coefficient (Wildman–Crippen LogP) is 2.92. The summed E-state index contributed by atoms with van der Waals surface area (Å²) in [4.78, 5) is 0. The minimum atomic E-state index is -1.35. The molecule has 1 N–H and O–H groups in total. The molecule has 0 amide bonds. The molecular formula is C17H16O2. The van der Waals surface area contributed by atoms with Gasteiger partial charge in [-0.1, -0.05) is 60.7 Å². The Morgan fingerprint density at radius 1 is 0.947 bits per heavy atom. The molecule has 96 valence electrons. The molecule has 0 aliphatic heterocycles. The minimum absolute atomic E-state index is 0.493. The smallest absolute Gasteiger partial charge is 0.180 e. The Morgan fingerprint density at radius 2 is 1.42 bits per heavy atom. The number of benzene rings is 2. The molecule has 0 unspecified atom stereocenters. The normalized spacial score (nSPS) is 10.4. The summed E-state index contributed by atoms with van der Waals surface area (Å²) in [6.45, 7) is 2.35. The second kappa shape index (κ2) is 6.08. The Bertz CT molecular complexity index is 525. The fourth-order valence-corrected chi connectivity index (χ4v) is 1.85. The van der Waals surface area contributed by atoms with Crippen molar-refractivity contribution in [2.45, 2.75) is 12.5 Å². The lowest BCUT2D eigenvalue weighted by Gasteiger charge is -2.23. The van der Waals surface area contributed by atoms with Gasteiger partial charge in [-0.25, -0.2) is 0 Å². The molecule has 0 fully saturated rings. The lowest BCUT2D eigenvalue weighted by molar-refractivity contribution is 0.143. The summed E-state index contributed by atoms with van der Waals surface area (Å²) in [5, 5.41) is 10.9. The van der Waals surface area contributed by atoms with Gasteiger partial charge in [0.05, 0.1) is 6.61 Å². The van der Waals surface area contributed by atoms with Crippen LogP contribution >= 0.6 is 0 Å². The zero-order chi connectivity index (χ0) is 13.6. The Kier molecular flexibility index (Phi) is 4.22. The third-order valence-corrected chi connectivity index (χ3v) is 2.83. The van der Waals surface area contributed by atoms with Gasteiger partial charge in [0.25, 0.3) is 0 Å². The van der Waals surface area contributed by atoms with E-state index in [1.165, 1.54) is 0 Å². The van der Waals surface area contributed by atoms with Gasteiger partial charge in [0.1, 0.15) is 6.11 Å². The maximum atomic E-state index is 10.9. The maximum absolute atomic E-state index is 10.9. The van der Waals surface area contributed by atoms with Crippen LogP contribution in [0.25, 0.3) is 0 Å². The van der Waals surface area contributed by atoms with Crippen molar-refractivity contribution in [3.8, 4) is 12.0 Å². The number of aliphatic hydroxyl groups is 1. The second-order valence-electron chi connectivity index (χ2n) is 4.10. The topological polar surface area (TPSA) is 29.5 Å². The molecule has 0 aliphatic carbocycles. The highest BCUT2D eigenvalue weighted by molar-refractivity contribution is 5.43. The van der Waals surface area contributed by atoms with Gasteiger partial charge in [0.2, 0.25) is 0 Å². The van der Waals surface area contributed by atoms with Crippen LogP contribution < -0.4 is 0 Å². The molecule has 0 aromatic heterocycles. The zero-order valence-corrected chi connectivity index (χ0v) is 10.8. The fourth-order valence-electron chi connectivity index (χ4n) is 1.85. The van der Waals surface area contributed by atoms with E-state index in [4.69, 9.17) is 4.74 Å². The van der Waals surface area contributed by atoms with E-state index in [9.17, 15) is 5.11 Å². The third-order valence-electron chi connectivity index (χ3n) is 2.83. The molecule has 19 heavy (non-hydrogen) atoms. The monoisotopic (exact) mass is 252 g/mol. The Balaban J connectivity index is 2.49. The van der Waals surface area contributed by atoms with Gasteiger partial charge >= 0.3 is 0 Å². The molecule has 0 atom stereocenters. The van der Waals surface area contributed by atoms with E-state index in [-0.39, 0.29) is 0 Å². The van der Waals surface area contributed by atoms with Gasteiger partial charge in [0.15, 0.2) is 5.60 Å². The summed E-state index contributed by atoms with van der Waals surface area (Å²) < 4.78 is 5.05. The molecule has 0 heterocycles. The molecular weight excluding hydrogens is 236 g/mol. The molecule has 0 saturated heterocycles. The third kappa shape index (κ3) is 2.96. The van der Waals surface area contributed by atoms with Crippen LogP contribution in [0.1, 0.15) is 18.1 Å². The van der Waals surface area contributed by atoms with E-state index < -0.39 is 5.60 Å². The number of rotatable bonds is 3. The van der Waals surface area contributed by atoms with E-state index in [0.717, 1.165) is 11.1 Å². The number of hydrogen-bond acceptors (Lipinski definition) is 2. The van der Waals surface area contributed by atoms with Crippen LogP contribution in [0.2, 0.25) is 0 Å². The number of ether oxygens (including phenoxy) is 1. The Morgan fingerprint density at radius 3 is 1.84 bits per heavy atom. The van der Waals surface area contributed by atoms with Gasteiger partial charge < -0.3 is 9.84 Å². The summed E-state index contributed by atoms with van der Waals surface area (Å²) in [7, 11) is 0. The Hall–Kier alpha value is -2.24. The van der Waals surface area contributed by atoms with Crippen molar-refractivity contribution >= 4 is 0 Å². The first kappa shape index (κ1) is 13.2. The van der Waals surface area contributed by atoms with Crippen molar-refractivity contribution in [2.24, 2.45) is 0 Å². The number of hydrogen-bond donors (Lipinski definition) is 1. The highest BCUT2D eigenvalue weighted by Gasteiger charge is 2.29. The van der Waals surface area contributed by atoms with Crippen LogP contribution in [-0.2, 0) is 10.3 Å². The van der Waals surface area contributed by atoms with Crippen LogP contribution in [0.3, 0.4) is 0 Å². The van der Waals surface area contributed by atoms with Gasteiger partial charge in [-0.05, 0) is 12.8 Å². The molecule has 0 spiro atoms. The van der Waals surface area contributed by atoms with Crippen molar-refractivity contribution in [1.29, 1.82) is 0 Å². The molecule has 2 aromatic carbocycles. The highest BCUT2D eigenvalue weighted by Crippen LogP contribution is 2.28. The molecule has 0 radical (unpaired) electrons. The average molecular weight is 252 g/mol. The molecule has 2 heteroatoms. The van der Waals surface area contributed by atoms with E-state index in [1.54, 1.807) is 0 Å². The second-order valence-corrected chi connectivity index (χ2v) is 4.10. The summed E-state index contributed by atoms with van der Waals surface area (Å²) in [6.07, 6.45) is 2.57. The van der Waals surface area contributed by atoms with Crippen LogP contribution in [-0.4, -0.2) is 11.7 Å². The lowest BCUT2D eigenvalue weighted by atomic mass is 9.87. The summed E-state index contributed by atoms with van der Waals surface area (Å²) in [5.41, 5.74) is 0.110. The maximum Gasteiger partial charge on any atom is 0.180 e. The first-order chi connectivity index (χ1) is 9.27. The van der Waals surface area contributed by atoms with E-state index in [2.05, 4.69) is 12.0 Å². The average Bonchev–Trinajstić information content (AvgIpc) is 2.49. The van der Waals surface area contributed by atoms with Crippen LogP contribution in [0.5, 0.6) is 0 Å². The van der Waals surface area contributed by atoms with Crippen LogP contribution in [0, 0.1) is 12.0 Å². The lowest BCUT2D eigenvalue weighted by Crippen LogP contribution is -2.25. The molecule has 2 rings (SSSR count). The van der Waals surface area contributed by atoms with Crippen LogP contribution in [0.4, 0.5) is 0 Å². The van der Waals surface area contributed by atoms with Crippen molar-refractivity contribution in [1.82, 2.24) is 0 Å². The fraction of sp³-hybridized carbons (Fsp3) is 0.176. The quantitative estimate of drug-likeness (QED) is 0.851. The predicted molar refractivity (Wildman–Crippen MR) is 75.3 cm³/mol. The molecule has 0 bridgehead atoms. The van der Waals surface area contributed by atoms with Gasteiger partial charge in [-0.3, -0.25) is 0 Å². The highest BCUT2D eigenvalue weighted by atomic mass is 16.5. The van der Waals surface area contributed by atoms with Gasteiger partial charge in [-0.2, -0.15) is 0 Å². The SMILES string of the molecule is CCOC#CC(O)(c1ccccc1)c1ccccc1. The molecule has 0 aliphatic rings. The summed E-state index contributed by atoms with van der Waals surface area (Å²) in [5.74, 6) is 2.81. The molecule has 2 nitrogen and oxygen atoms in total. The van der Waals surface area contributed by atoms with Crippen molar-refractivity contribution in [2.75, 3.05) is 6.61 Å². The van der Waals surface area contributed by atoms with Crippen LogP contribution in [0.15, 0.2) is 60.7 Å². The van der Waals surface area contributed by atoms with E-state index >= 15 is 0 Å². The van der Waals surface area contributed by atoms with Gasteiger partial charge in [-0.15, -0.1) is 0 Å². The minimum Gasteiger partial charge on any atom is -0.447 e. The van der Waals surface area contributed by atoms with Gasteiger partial charge in [0, 0.05) is 11.1 Å². The van der Waals surface area contributed by atoms with Crippen molar-refractivity contribution < 1.29 is 9.84 Å². The van der Waals surface area contributed by atoms with Crippen molar-refractivity contribution in [3.63, 3.8) is 0 Å². The first-order valence-corrected chi connectivity index (χ1v) is 6.24. The largest absolute Gasteiger partial charge is 0.447 e. The van der Waals surface area contributed by atoms with Crippen molar-refractivity contribution in [3.05, 3.63) is 71.8 Å². The van der Waals surface area contributed by atoms with E-state index in [0.29, 0.717) is 6.61 Å². The first-order valence-electron chi connectivity index (χ1n) is 6.24. The zero-order valence-electron chi connectivity index (χ0n) is 10.8. The summed E-state index contributed by atoms with van der Waals surface area (Å²) in [6, 6.07) is 18.8. The van der Waals surface area contributed by atoms with E-state index in [1.807, 2.05) is 67.6 Å².